The fourth-order valence-electron chi connectivity index (χ4n) is 1.44. The number of rotatable bonds is 8. The molecule has 0 saturated heterocycles. The van der Waals surface area contributed by atoms with Gasteiger partial charge in [-0.05, 0) is 18.9 Å². The van der Waals surface area contributed by atoms with Gasteiger partial charge in [0, 0.05) is 0 Å². The van der Waals surface area contributed by atoms with Crippen molar-refractivity contribution < 1.29 is 19.1 Å². The monoisotopic (exact) mass is 250 g/mol. The first-order valence-electron chi connectivity index (χ1n) is 6.01. The Hall–Kier alpha value is -1.68. The molecule has 1 rings (SSSR count). The van der Waals surface area contributed by atoms with Gasteiger partial charge in [0.05, 0.1) is 13.2 Å². The second-order valence-corrected chi connectivity index (χ2v) is 3.81. The minimum atomic E-state index is -0.492. The number of hydrogen-bond acceptors (Lipinski definition) is 4. The van der Waals surface area contributed by atoms with Crippen molar-refractivity contribution in [1.29, 1.82) is 0 Å². The third-order valence-corrected chi connectivity index (χ3v) is 2.29. The molecule has 0 saturated carbocycles. The summed E-state index contributed by atoms with van der Waals surface area (Å²) in [7, 11) is 0. The molecule has 4 heteroatoms. The molecular weight excluding hydrogens is 232 g/mol. The van der Waals surface area contributed by atoms with Crippen LogP contribution in [-0.4, -0.2) is 31.6 Å². The highest BCUT2D eigenvalue weighted by atomic mass is 16.5. The van der Waals surface area contributed by atoms with Gasteiger partial charge in [-0.2, -0.15) is 0 Å². The Morgan fingerprint density at radius 3 is 2.56 bits per heavy atom. The van der Waals surface area contributed by atoms with Gasteiger partial charge in [0.25, 0.3) is 0 Å². The van der Waals surface area contributed by atoms with Crippen molar-refractivity contribution >= 4 is 11.8 Å². The second kappa shape index (κ2) is 8.42. The highest BCUT2D eigenvalue weighted by molar-refractivity contribution is 5.96. The van der Waals surface area contributed by atoms with Crippen LogP contribution in [0, 0.1) is 0 Å². The minimum Gasteiger partial charge on any atom is -0.466 e. The lowest BCUT2D eigenvalue weighted by Crippen LogP contribution is -2.16. The molecule has 0 atom stereocenters. The second-order valence-electron chi connectivity index (χ2n) is 3.81. The maximum absolute atomic E-state index is 11.3. The maximum Gasteiger partial charge on any atom is 0.313 e. The first kappa shape index (κ1) is 14.4. The van der Waals surface area contributed by atoms with Crippen molar-refractivity contribution in [3.8, 4) is 0 Å². The molecule has 0 bridgehead atoms. The molecule has 0 heterocycles. The molecule has 0 amide bonds. The van der Waals surface area contributed by atoms with Crippen LogP contribution in [-0.2, 0) is 25.5 Å². The Morgan fingerprint density at radius 1 is 1.17 bits per heavy atom. The summed E-state index contributed by atoms with van der Waals surface area (Å²) in [6.07, 6.45) is 0.548. The van der Waals surface area contributed by atoms with Crippen LogP contribution in [0.1, 0.15) is 18.9 Å². The number of ketones is 1. The van der Waals surface area contributed by atoms with E-state index in [1.807, 2.05) is 30.3 Å². The van der Waals surface area contributed by atoms with Gasteiger partial charge < -0.3 is 9.47 Å². The van der Waals surface area contributed by atoms with E-state index >= 15 is 0 Å². The maximum atomic E-state index is 11.3. The number of benzene rings is 1. The van der Waals surface area contributed by atoms with Crippen molar-refractivity contribution in [3.63, 3.8) is 0 Å². The SMILES string of the molecule is CCOC(=O)CC(=O)COCCc1ccccc1. The van der Waals surface area contributed by atoms with Crippen molar-refractivity contribution in [3.05, 3.63) is 35.9 Å². The molecule has 0 unspecified atom stereocenters. The van der Waals surface area contributed by atoms with Gasteiger partial charge in [-0.25, -0.2) is 0 Å². The average Bonchev–Trinajstić information content (AvgIpc) is 2.36. The fourth-order valence-corrected chi connectivity index (χ4v) is 1.44. The molecule has 0 aromatic heterocycles. The van der Waals surface area contributed by atoms with E-state index in [1.54, 1.807) is 6.92 Å². The van der Waals surface area contributed by atoms with Crippen molar-refractivity contribution in [1.82, 2.24) is 0 Å². The number of carbonyl (C=O) groups excluding carboxylic acids is 2. The number of Topliss-reactive ketones (excluding diaryl/α,β-unsaturated/α-hetero) is 1. The molecule has 18 heavy (non-hydrogen) atoms. The number of carbonyl (C=O) groups is 2. The van der Waals surface area contributed by atoms with E-state index in [9.17, 15) is 9.59 Å². The summed E-state index contributed by atoms with van der Waals surface area (Å²) >= 11 is 0. The Bertz CT molecular complexity index is 373. The standard InChI is InChI=1S/C14H18O4/c1-2-18-14(16)10-13(15)11-17-9-8-12-6-4-3-5-7-12/h3-7H,2,8-11H2,1H3. The van der Waals surface area contributed by atoms with Crippen LogP contribution in [0.25, 0.3) is 0 Å². The van der Waals surface area contributed by atoms with E-state index in [0.29, 0.717) is 13.2 Å². The summed E-state index contributed by atoms with van der Waals surface area (Å²) < 4.78 is 9.89. The third kappa shape index (κ3) is 6.15. The van der Waals surface area contributed by atoms with E-state index in [-0.39, 0.29) is 18.8 Å². The van der Waals surface area contributed by atoms with E-state index in [1.165, 1.54) is 0 Å². The molecule has 1 aromatic rings. The highest BCUT2D eigenvalue weighted by Crippen LogP contribution is 1.99. The summed E-state index contributed by atoms with van der Waals surface area (Å²) in [4.78, 5) is 22.3. The molecule has 0 aliphatic carbocycles. The normalized spacial score (nSPS) is 10.1. The van der Waals surface area contributed by atoms with Crippen LogP contribution >= 0.6 is 0 Å². The topological polar surface area (TPSA) is 52.6 Å². The zero-order chi connectivity index (χ0) is 13.2. The van der Waals surface area contributed by atoms with Crippen LogP contribution < -0.4 is 0 Å². The first-order chi connectivity index (χ1) is 8.72. The summed E-state index contributed by atoms with van der Waals surface area (Å²) in [6, 6.07) is 9.88. The lowest BCUT2D eigenvalue weighted by Gasteiger charge is -2.04. The van der Waals surface area contributed by atoms with E-state index in [2.05, 4.69) is 4.74 Å². The summed E-state index contributed by atoms with van der Waals surface area (Å²) in [5.41, 5.74) is 1.16. The Balaban J connectivity index is 2.11. The molecular formula is C14H18O4. The van der Waals surface area contributed by atoms with Crippen LogP contribution in [0.4, 0.5) is 0 Å². The Morgan fingerprint density at radius 2 is 1.89 bits per heavy atom. The lowest BCUT2D eigenvalue weighted by molar-refractivity contribution is -0.146. The van der Waals surface area contributed by atoms with E-state index < -0.39 is 5.97 Å². The predicted octanol–water partition coefficient (Wildman–Crippen LogP) is 1.77. The molecule has 0 radical (unpaired) electrons. The Kier molecular flexibility index (Phi) is 6.72. The molecule has 98 valence electrons. The number of ether oxygens (including phenoxy) is 2. The quantitative estimate of drug-likeness (QED) is 0.401. The van der Waals surface area contributed by atoms with E-state index in [4.69, 9.17) is 4.74 Å². The molecule has 0 fully saturated rings. The van der Waals surface area contributed by atoms with Gasteiger partial charge >= 0.3 is 5.97 Å². The average molecular weight is 250 g/mol. The predicted molar refractivity (Wildman–Crippen MR) is 67.2 cm³/mol. The van der Waals surface area contributed by atoms with Gasteiger partial charge in [0.1, 0.15) is 13.0 Å². The molecule has 1 aromatic carbocycles. The molecule has 0 N–H and O–H groups in total. The largest absolute Gasteiger partial charge is 0.466 e. The first-order valence-corrected chi connectivity index (χ1v) is 6.01. The molecule has 0 spiro atoms. The van der Waals surface area contributed by atoms with Crippen LogP contribution in [0.15, 0.2) is 30.3 Å². The van der Waals surface area contributed by atoms with Gasteiger partial charge in [-0.3, -0.25) is 9.59 Å². The summed E-state index contributed by atoms with van der Waals surface area (Å²) in [6.45, 7) is 2.43. The van der Waals surface area contributed by atoms with Gasteiger partial charge in [0.2, 0.25) is 0 Å². The van der Waals surface area contributed by atoms with Crippen LogP contribution in [0.3, 0.4) is 0 Å². The molecule has 4 nitrogen and oxygen atoms in total. The third-order valence-electron chi connectivity index (χ3n) is 2.29. The van der Waals surface area contributed by atoms with Crippen LogP contribution in [0.2, 0.25) is 0 Å². The van der Waals surface area contributed by atoms with Gasteiger partial charge in [-0.15, -0.1) is 0 Å². The molecule has 0 aliphatic heterocycles. The lowest BCUT2D eigenvalue weighted by atomic mass is 10.2. The van der Waals surface area contributed by atoms with E-state index in [0.717, 1.165) is 12.0 Å². The van der Waals surface area contributed by atoms with Gasteiger partial charge in [-0.1, -0.05) is 30.3 Å². The summed E-state index contributed by atoms with van der Waals surface area (Å²) in [5, 5.41) is 0. The highest BCUT2D eigenvalue weighted by Gasteiger charge is 2.09. The van der Waals surface area contributed by atoms with Crippen molar-refractivity contribution in [2.75, 3.05) is 19.8 Å². The zero-order valence-corrected chi connectivity index (χ0v) is 10.6. The summed E-state index contributed by atoms with van der Waals surface area (Å²) in [5.74, 6) is -0.740. The van der Waals surface area contributed by atoms with Crippen molar-refractivity contribution in [2.24, 2.45) is 0 Å². The zero-order valence-electron chi connectivity index (χ0n) is 10.6. The van der Waals surface area contributed by atoms with Gasteiger partial charge in [0.15, 0.2) is 5.78 Å². The smallest absolute Gasteiger partial charge is 0.313 e. The van der Waals surface area contributed by atoms with Crippen LogP contribution in [0.5, 0.6) is 0 Å². The van der Waals surface area contributed by atoms with Crippen molar-refractivity contribution in [2.45, 2.75) is 19.8 Å². The number of hydrogen-bond donors (Lipinski definition) is 0. The Labute approximate surface area is 107 Å². The molecule has 0 aliphatic rings. The minimum absolute atomic E-state index is 0.0361. The fraction of sp³-hybridized carbons (Fsp3) is 0.429. The number of esters is 1.